The number of anilines is 1. The van der Waals surface area contributed by atoms with Crippen LogP contribution in [0.15, 0.2) is 60.7 Å². The lowest BCUT2D eigenvalue weighted by Crippen LogP contribution is -2.44. The summed E-state index contributed by atoms with van der Waals surface area (Å²) in [6.07, 6.45) is -2.95. The van der Waals surface area contributed by atoms with Gasteiger partial charge in [0, 0.05) is 19.5 Å². The fourth-order valence-corrected chi connectivity index (χ4v) is 5.21. The Morgan fingerprint density at radius 1 is 1.00 bits per heavy atom. The second-order valence-electron chi connectivity index (χ2n) is 10.3. The Labute approximate surface area is 252 Å². The maximum Gasteiger partial charge on any atom is 0.433 e. The second-order valence-corrected chi connectivity index (χ2v) is 11.8. The van der Waals surface area contributed by atoms with Crippen molar-refractivity contribution in [1.29, 1.82) is 5.26 Å². The monoisotopic (exact) mass is 629 g/mol. The number of hydrogen-bond acceptors (Lipinski definition) is 7. The molecule has 3 N–H and O–H groups in total. The van der Waals surface area contributed by atoms with E-state index >= 15 is 0 Å². The summed E-state index contributed by atoms with van der Waals surface area (Å²) in [7, 11) is -4.34. The second kappa shape index (κ2) is 13.9. The number of benzene rings is 2. The summed E-state index contributed by atoms with van der Waals surface area (Å²) in [6, 6.07) is 17.3. The summed E-state index contributed by atoms with van der Waals surface area (Å²) in [5, 5.41) is 13.9. The molecule has 1 aliphatic heterocycles. The van der Waals surface area contributed by atoms with Crippen molar-refractivity contribution in [2.75, 3.05) is 23.9 Å². The number of halogens is 3. The van der Waals surface area contributed by atoms with Crippen LogP contribution in [0.2, 0.25) is 0 Å². The first kappa shape index (κ1) is 32.4. The third-order valence-corrected chi connectivity index (χ3v) is 7.64. The molecular formula is C30H30F3N5O5S. The molecule has 1 unspecified atom stereocenters. The van der Waals surface area contributed by atoms with Crippen molar-refractivity contribution in [2.45, 2.75) is 44.3 Å². The molecule has 232 valence electrons. The molecule has 0 spiro atoms. The Hall–Kier alpha value is -4.48. The largest absolute Gasteiger partial charge is 0.433 e. The van der Waals surface area contributed by atoms with Crippen LogP contribution in [0.1, 0.15) is 41.6 Å². The molecule has 1 saturated heterocycles. The zero-order valence-electron chi connectivity index (χ0n) is 23.5. The van der Waals surface area contributed by atoms with Crippen LogP contribution in [0.25, 0.3) is 11.1 Å². The number of aromatic nitrogens is 1. The summed E-state index contributed by atoms with van der Waals surface area (Å²) in [5.41, 5.74) is 1.80. The highest BCUT2D eigenvalue weighted by Crippen LogP contribution is 2.35. The first-order valence-electron chi connectivity index (χ1n) is 13.8. The normalized spacial score (nSPS) is 15.1. The van der Waals surface area contributed by atoms with Crippen molar-refractivity contribution in [3.05, 3.63) is 83.0 Å². The summed E-state index contributed by atoms with van der Waals surface area (Å²) in [6.45, 7) is 0.685. The molecule has 1 aromatic heterocycles. The number of nitrogens with zero attached hydrogens (tertiary/aromatic N) is 3. The highest BCUT2D eigenvalue weighted by molar-refractivity contribution is 7.85. The van der Waals surface area contributed by atoms with Gasteiger partial charge in [-0.15, -0.1) is 0 Å². The molecule has 2 aromatic carbocycles. The molecule has 0 saturated carbocycles. The van der Waals surface area contributed by atoms with E-state index in [2.05, 4.69) is 15.6 Å². The van der Waals surface area contributed by atoms with Gasteiger partial charge < -0.3 is 15.5 Å². The van der Waals surface area contributed by atoms with Gasteiger partial charge in [-0.25, -0.2) is 4.98 Å². The minimum absolute atomic E-state index is 0.0409. The van der Waals surface area contributed by atoms with Crippen molar-refractivity contribution in [3.63, 3.8) is 0 Å². The lowest BCUT2D eigenvalue weighted by molar-refractivity contribution is -0.141. The number of pyridine rings is 1. The lowest BCUT2D eigenvalue weighted by atomic mass is 10.0. The topological polar surface area (TPSA) is 152 Å². The predicted octanol–water partition coefficient (Wildman–Crippen LogP) is 3.86. The van der Waals surface area contributed by atoms with E-state index in [1.54, 1.807) is 53.4 Å². The van der Waals surface area contributed by atoms with Crippen molar-refractivity contribution >= 4 is 27.8 Å². The van der Waals surface area contributed by atoms with E-state index in [0.717, 1.165) is 11.6 Å². The predicted molar refractivity (Wildman–Crippen MR) is 156 cm³/mol. The van der Waals surface area contributed by atoms with E-state index in [1.807, 2.05) is 6.07 Å². The smallest absolute Gasteiger partial charge is 0.354 e. The molecule has 1 fully saturated rings. The minimum atomic E-state index is -4.72. The molecule has 44 heavy (non-hydrogen) atoms. The zero-order chi connectivity index (χ0) is 31.9. The highest BCUT2D eigenvalue weighted by atomic mass is 32.2. The van der Waals surface area contributed by atoms with E-state index < -0.39 is 39.8 Å². The Bertz CT molecular complexity index is 1640. The maximum absolute atomic E-state index is 13.9. The quantitative estimate of drug-likeness (QED) is 0.271. The summed E-state index contributed by atoms with van der Waals surface area (Å²) >= 11 is 0. The minimum Gasteiger partial charge on any atom is -0.354 e. The zero-order valence-corrected chi connectivity index (χ0v) is 24.3. The first-order valence-corrected chi connectivity index (χ1v) is 15.4. The van der Waals surface area contributed by atoms with Gasteiger partial charge in [0.1, 0.15) is 23.4 Å². The van der Waals surface area contributed by atoms with Crippen LogP contribution in [-0.4, -0.2) is 54.8 Å². The Morgan fingerprint density at radius 3 is 2.30 bits per heavy atom. The van der Waals surface area contributed by atoms with Gasteiger partial charge in [-0.3, -0.25) is 14.1 Å². The molecule has 0 bridgehead atoms. The summed E-state index contributed by atoms with van der Waals surface area (Å²) in [4.78, 5) is 30.4. The SMILES string of the molecule is N#Cc1ccc(CCNC(=O)C2CCCN2c2cc(-c3ccc(CCC(=O)NCS(=O)(=O)O)cc3)cc(C(F)(F)F)n2)cc1. The van der Waals surface area contributed by atoms with Crippen molar-refractivity contribution in [3.8, 4) is 17.2 Å². The average Bonchev–Trinajstić information content (AvgIpc) is 3.49. The van der Waals surface area contributed by atoms with E-state index in [9.17, 15) is 31.2 Å². The number of alkyl halides is 3. The molecule has 1 aliphatic rings. The number of nitrogens with one attached hydrogen (secondary N) is 2. The van der Waals surface area contributed by atoms with Gasteiger partial charge in [-0.05, 0) is 72.2 Å². The number of nitriles is 1. The van der Waals surface area contributed by atoms with Gasteiger partial charge in [0.2, 0.25) is 11.8 Å². The molecule has 14 heteroatoms. The first-order chi connectivity index (χ1) is 20.8. The van der Waals surface area contributed by atoms with E-state index in [4.69, 9.17) is 9.81 Å². The van der Waals surface area contributed by atoms with Crippen LogP contribution in [0, 0.1) is 11.3 Å². The van der Waals surface area contributed by atoms with Crippen LogP contribution in [0.4, 0.5) is 19.0 Å². The van der Waals surface area contributed by atoms with Crippen LogP contribution in [-0.2, 0) is 38.7 Å². The van der Waals surface area contributed by atoms with Gasteiger partial charge in [0.05, 0.1) is 11.6 Å². The van der Waals surface area contributed by atoms with Gasteiger partial charge in [-0.2, -0.15) is 26.9 Å². The Kier molecular flexibility index (Phi) is 10.2. The molecule has 3 aromatic rings. The third kappa shape index (κ3) is 9.01. The number of hydrogen-bond donors (Lipinski definition) is 3. The number of carbonyl (C=O) groups is 2. The van der Waals surface area contributed by atoms with Crippen molar-refractivity contribution in [1.82, 2.24) is 15.6 Å². The fourth-order valence-electron chi connectivity index (χ4n) is 4.86. The van der Waals surface area contributed by atoms with Crippen LogP contribution >= 0.6 is 0 Å². The lowest BCUT2D eigenvalue weighted by Gasteiger charge is -2.26. The standard InChI is InChI=1S/C30H30F3N5O5S/c31-30(32,33)26-16-24(23-10-7-20(8-11-23)9-12-28(39)36-19-44(41,42)43)17-27(37-26)38-15-1-2-25(38)29(40)35-14-13-21-3-5-22(18-34)6-4-21/h3-8,10-11,16-17,25H,1-2,9,12-15,19H2,(H,35,40)(H,36,39)(H,41,42,43). The number of aryl methyl sites for hydroxylation is 1. The van der Waals surface area contributed by atoms with E-state index in [0.29, 0.717) is 49.0 Å². The van der Waals surface area contributed by atoms with E-state index in [1.165, 1.54) is 6.07 Å². The molecule has 0 radical (unpaired) electrons. The van der Waals surface area contributed by atoms with E-state index in [-0.39, 0.29) is 30.1 Å². The molecule has 2 amide bonds. The van der Waals surface area contributed by atoms with Crippen molar-refractivity contribution in [2.24, 2.45) is 0 Å². The number of carbonyl (C=O) groups excluding carboxylic acids is 2. The number of amides is 2. The van der Waals surface area contributed by atoms with Crippen LogP contribution in [0.3, 0.4) is 0 Å². The Balaban J connectivity index is 1.46. The Morgan fingerprint density at radius 2 is 1.66 bits per heavy atom. The molecule has 2 heterocycles. The molecule has 4 rings (SSSR count). The number of rotatable bonds is 11. The van der Waals surface area contributed by atoms with Gasteiger partial charge in [0.25, 0.3) is 10.1 Å². The molecule has 10 nitrogen and oxygen atoms in total. The van der Waals surface area contributed by atoms with Gasteiger partial charge in [-0.1, -0.05) is 36.4 Å². The van der Waals surface area contributed by atoms with Crippen LogP contribution < -0.4 is 15.5 Å². The van der Waals surface area contributed by atoms with Gasteiger partial charge in [0.15, 0.2) is 0 Å². The summed E-state index contributed by atoms with van der Waals surface area (Å²) in [5.74, 6) is -1.74. The average molecular weight is 630 g/mol. The molecule has 1 atom stereocenters. The maximum atomic E-state index is 13.9. The highest BCUT2D eigenvalue weighted by Gasteiger charge is 2.36. The van der Waals surface area contributed by atoms with Gasteiger partial charge >= 0.3 is 6.18 Å². The summed E-state index contributed by atoms with van der Waals surface area (Å²) < 4.78 is 71.9. The fraction of sp³-hybridized carbons (Fsp3) is 0.333. The molecular weight excluding hydrogens is 599 g/mol. The third-order valence-electron chi connectivity index (χ3n) is 7.13. The van der Waals surface area contributed by atoms with Crippen molar-refractivity contribution < 1.29 is 35.7 Å². The van der Waals surface area contributed by atoms with Crippen LogP contribution in [0.5, 0.6) is 0 Å². The molecule has 0 aliphatic carbocycles.